The summed E-state index contributed by atoms with van der Waals surface area (Å²) in [6.45, 7) is 11.3. The Morgan fingerprint density at radius 3 is 0.907 bits per heavy atom. The number of rotatable bonds is 42. The van der Waals surface area contributed by atoms with Gasteiger partial charge in [0.15, 0.2) is 6.10 Å². The lowest BCUT2D eigenvalue weighted by Gasteiger charge is -2.18. The molecule has 0 bridgehead atoms. The molecule has 320 valence electrons. The van der Waals surface area contributed by atoms with Crippen molar-refractivity contribution in [3.8, 4) is 0 Å². The van der Waals surface area contributed by atoms with Crippen LogP contribution in [0.15, 0.2) is 0 Å². The normalized spacial score (nSPS) is 12.1. The zero-order chi connectivity index (χ0) is 39.7. The maximum atomic E-state index is 12.7. The van der Waals surface area contributed by atoms with Crippen molar-refractivity contribution in [3.05, 3.63) is 0 Å². The van der Waals surface area contributed by atoms with E-state index in [0.717, 1.165) is 69.6 Å². The van der Waals surface area contributed by atoms with Gasteiger partial charge in [0, 0.05) is 19.3 Å². The van der Waals surface area contributed by atoms with Crippen molar-refractivity contribution in [2.75, 3.05) is 13.2 Å². The van der Waals surface area contributed by atoms with Crippen LogP contribution in [0.25, 0.3) is 0 Å². The number of carbonyl (C=O) groups excluding carboxylic acids is 3. The first kappa shape index (κ1) is 52.4. The quantitative estimate of drug-likeness (QED) is 0.0350. The maximum absolute atomic E-state index is 12.7. The number of hydrogen-bond donors (Lipinski definition) is 0. The molecule has 6 heteroatoms. The lowest BCUT2D eigenvalue weighted by molar-refractivity contribution is -0.167. The molecule has 1 atom stereocenters. The van der Waals surface area contributed by atoms with Crippen LogP contribution in [-0.4, -0.2) is 37.2 Å². The Morgan fingerprint density at radius 1 is 0.352 bits per heavy atom. The first-order valence-corrected chi connectivity index (χ1v) is 23.7. The fraction of sp³-hybridized carbons (Fsp3) is 0.938. The van der Waals surface area contributed by atoms with Crippen LogP contribution in [0.4, 0.5) is 0 Å². The Bertz CT molecular complexity index is 824. The maximum Gasteiger partial charge on any atom is 0.306 e. The Morgan fingerprint density at radius 2 is 0.611 bits per heavy atom. The van der Waals surface area contributed by atoms with Crippen LogP contribution in [0.3, 0.4) is 0 Å². The summed E-state index contributed by atoms with van der Waals surface area (Å²) in [5.74, 6) is 0.782. The molecule has 0 aromatic carbocycles. The van der Waals surface area contributed by atoms with Gasteiger partial charge in [0.1, 0.15) is 13.2 Å². The topological polar surface area (TPSA) is 78.9 Å². The minimum absolute atomic E-state index is 0.0647. The fourth-order valence-electron chi connectivity index (χ4n) is 7.11. The first-order valence-electron chi connectivity index (χ1n) is 23.7. The molecule has 0 radical (unpaired) electrons. The second-order valence-corrected chi connectivity index (χ2v) is 17.3. The minimum atomic E-state index is -0.760. The number of esters is 3. The van der Waals surface area contributed by atoms with Crippen molar-refractivity contribution in [1.82, 2.24) is 0 Å². The Labute approximate surface area is 336 Å². The summed E-state index contributed by atoms with van der Waals surface area (Å²) < 4.78 is 16.7. The molecule has 6 nitrogen and oxygen atoms in total. The summed E-state index contributed by atoms with van der Waals surface area (Å²) in [6.07, 6.45) is 39.5. The number of ether oxygens (including phenoxy) is 3. The summed E-state index contributed by atoms with van der Waals surface area (Å²) in [5, 5.41) is 0. The third-order valence-electron chi connectivity index (χ3n) is 10.7. The molecule has 0 spiro atoms. The van der Waals surface area contributed by atoms with E-state index in [0.29, 0.717) is 19.3 Å². The molecule has 0 aliphatic heterocycles. The molecule has 0 N–H and O–H groups in total. The van der Waals surface area contributed by atoms with Crippen LogP contribution in [0, 0.1) is 11.8 Å². The standard InChI is InChI=1S/C48H92O6/c1-6-7-8-9-10-16-23-28-33-38-46(49)52-41-45(54-48(51)40-35-30-25-20-15-18-22-27-32-37-44(4)5)42-53-47(50)39-34-29-24-19-14-12-11-13-17-21-26-31-36-43(2)3/h43-45H,6-42H2,1-5H3/t45-/m1/s1. The molecule has 0 saturated heterocycles. The number of unbranched alkanes of at least 4 members (excludes halogenated alkanes) is 27. The molecule has 0 rings (SSSR count). The van der Waals surface area contributed by atoms with Crippen LogP contribution in [0.5, 0.6) is 0 Å². The van der Waals surface area contributed by atoms with E-state index in [1.54, 1.807) is 0 Å². The molecule has 0 aromatic rings. The van der Waals surface area contributed by atoms with E-state index in [4.69, 9.17) is 14.2 Å². The molecular weight excluding hydrogens is 673 g/mol. The SMILES string of the molecule is CCCCCCCCCCCC(=O)OC[C@H](COC(=O)CCCCCCCCCCCCCCC(C)C)OC(=O)CCCCCCCCCCCC(C)C. The molecule has 0 aliphatic rings. The van der Waals surface area contributed by atoms with Gasteiger partial charge in [-0.1, -0.05) is 221 Å². The van der Waals surface area contributed by atoms with Gasteiger partial charge in [0.2, 0.25) is 0 Å². The third kappa shape index (κ3) is 41.6. The van der Waals surface area contributed by atoms with E-state index in [-0.39, 0.29) is 31.1 Å². The fourth-order valence-corrected chi connectivity index (χ4v) is 7.11. The smallest absolute Gasteiger partial charge is 0.306 e. The van der Waals surface area contributed by atoms with E-state index >= 15 is 0 Å². The number of carbonyl (C=O) groups is 3. The van der Waals surface area contributed by atoms with E-state index in [9.17, 15) is 14.4 Å². The van der Waals surface area contributed by atoms with E-state index in [1.807, 2.05) is 0 Å². The van der Waals surface area contributed by atoms with Crippen LogP contribution in [0.1, 0.15) is 259 Å². The molecule has 0 amide bonds. The van der Waals surface area contributed by atoms with Crippen molar-refractivity contribution in [1.29, 1.82) is 0 Å². The lowest BCUT2D eigenvalue weighted by atomic mass is 10.0. The van der Waals surface area contributed by atoms with Crippen LogP contribution >= 0.6 is 0 Å². The summed E-state index contributed by atoms with van der Waals surface area (Å²) in [5.41, 5.74) is 0. The monoisotopic (exact) mass is 765 g/mol. The van der Waals surface area contributed by atoms with E-state index in [1.165, 1.54) is 148 Å². The van der Waals surface area contributed by atoms with Crippen molar-refractivity contribution in [2.24, 2.45) is 11.8 Å². The average Bonchev–Trinajstić information content (AvgIpc) is 3.14. The van der Waals surface area contributed by atoms with Gasteiger partial charge in [-0.25, -0.2) is 0 Å². The largest absolute Gasteiger partial charge is 0.462 e. The zero-order valence-corrected chi connectivity index (χ0v) is 36.8. The van der Waals surface area contributed by atoms with Gasteiger partial charge in [0.25, 0.3) is 0 Å². The third-order valence-corrected chi connectivity index (χ3v) is 10.7. The summed E-state index contributed by atoms with van der Waals surface area (Å²) >= 11 is 0. The molecule has 0 heterocycles. The highest BCUT2D eigenvalue weighted by atomic mass is 16.6. The minimum Gasteiger partial charge on any atom is -0.462 e. The van der Waals surface area contributed by atoms with Crippen LogP contribution < -0.4 is 0 Å². The lowest BCUT2D eigenvalue weighted by Crippen LogP contribution is -2.30. The summed E-state index contributed by atoms with van der Waals surface area (Å²) in [4.78, 5) is 37.7. The van der Waals surface area contributed by atoms with Gasteiger partial charge < -0.3 is 14.2 Å². The molecule has 0 saturated carbocycles. The highest BCUT2D eigenvalue weighted by Gasteiger charge is 2.19. The molecular formula is C48H92O6. The van der Waals surface area contributed by atoms with Crippen molar-refractivity contribution in [3.63, 3.8) is 0 Å². The van der Waals surface area contributed by atoms with Gasteiger partial charge in [-0.3, -0.25) is 14.4 Å². The molecule has 0 fully saturated rings. The van der Waals surface area contributed by atoms with Gasteiger partial charge >= 0.3 is 17.9 Å². The predicted molar refractivity (Wildman–Crippen MR) is 229 cm³/mol. The second-order valence-electron chi connectivity index (χ2n) is 17.3. The van der Waals surface area contributed by atoms with E-state index < -0.39 is 6.10 Å². The van der Waals surface area contributed by atoms with Gasteiger partial charge in [-0.2, -0.15) is 0 Å². The second kappa shape index (κ2) is 41.1. The van der Waals surface area contributed by atoms with E-state index in [2.05, 4.69) is 34.6 Å². The van der Waals surface area contributed by atoms with Crippen LogP contribution in [0.2, 0.25) is 0 Å². The predicted octanol–water partition coefficient (Wildman–Crippen LogP) is 15.0. The molecule has 54 heavy (non-hydrogen) atoms. The zero-order valence-electron chi connectivity index (χ0n) is 36.8. The number of hydrogen-bond acceptors (Lipinski definition) is 6. The highest BCUT2D eigenvalue weighted by molar-refractivity contribution is 5.71. The molecule has 0 aliphatic carbocycles. The van der Waals surface area contributed by atoms with Crippen molar-refractivity contribution < 1.29 is 28.6 Å². The summed E-state index contributed by atoms with van der Waals surface area (Å²) in [7, 11) is 0. The Kier molecular flexibility index (Phi) is 39.8. The van der Waals surface area contributed by atoms with Crippen molar-refractivity contribution in [2.45, 2.75) is 265 Å². The van der Waals surface area contributed by atoms with Crippen LogP contribution in [-0.2, 0) is 28.6 Å². The van der Waals surface area contributed by atoms with Gasteiger partial charge in [0.05, 0.1) is 0 Å². The first-order chi connectivity index (χ1) is 26.2. The highest BCUT2D eigenvalue weighted by Crippen LogP contribution is 2.17. The Hall–Kier alpha value is -1.59. The summed E-state index contributed by atoms with van der Waals surface area (Å²) in [6, 6.07) is 0. The molecule has 0 unspecified atom stereocenters. The van der Waals surface area contributed by atoms with Gasteiger partial charge in [-0.05, 0) is 31.1 Å². The Balaban J connectivity index is 4.29. The van der Waals surface area contributed by atoms with Gasteiger partial charge in [-0.15, -0.1) is 0 Å². The molecule has 0 aromatic heterocycles. The van der Waals surface area contributed by atoms with Crippen molar-refractivity contribution >= 4 is 17.9 Å². The average molecular weight is 765 g/mol.